The number of halogens is 3. The summed E-state index contributed by atoms with van der Waals surface area (Å²) in [7, 11) is -3.32. The van der Waals surface area contributed by atoms with Crippen LogP contribution in [-0.4, -0.2) is 79.0 Å². The monoisotopic (exact) mass is 678 g/mol. The maximum absolute atomic E-state index is 13.3. The SMILES string of the molecule is Cc1cccnc1-c1cc(Oc2ccc(S(C)(=O)=O)cc2)cc(C(=O)Nc2nc(CN3CCOCC3)cs2)c1.O=C(O)C(F)(F)F. The highest BCUT2D eigenvalue weighted by atomic mass is 32.2. The predicted molar refractivity (Wildman–Crippen MR) is 164 cm³/mol. The van der Waals surface area contributed by atoms with E-state index in [0.29, 0.717) is 42.0 Å². The van der Waals surface area contributed by atoms with Crippen LogP contribution in [0.1, 0.15) is 21.6 Å². The molecule has 0 atom stereocenters. The van der Waals surface area contributed by atoms with E-state index in [-0.39, 0.29) is 10.8 Å². The summed E-state index contributed by atoms with van der Waals surface area (Å²) in [5.41, 5.74) is 3.68. The zero-order valence-electron chi connectivity index (χ0n) is 24.6. The van der Waals surface area contributed by atoms with E-state index in [2.05, 4.69) is 20.2 Å². The molecule has 0 saturated carbocycles. The summed E-state index contributed by atoms with van der Waals surface area (Å²) in [5, 5.41) is 12.5. The van der Waals surface area contributed by atoms with Crippen LogP contribution in [0.4, 0.5) is 18.3 Å². The number of carbonyl (C=O) groups is 2. The first-order chi connectivity index (χ1) is 21.7. The van der Waals surface area contributed by atoms with Crippen molar-refractivity contribution in [3.8, 4) is 22.8 Å². The lowest BCUT2D eigenvalue weighted by molar-refractivity contribution is -0.192. The van der Waals surface area contributed by atoms with Gasteiger partial charge in [0.15, 0.2) is 15.0 Å². The molecule has 11 nitrogen and oxygen atoms in total. The van der Waals surface area contributed by atoms with Gasteiger partial charge in [-0.25, -0.2) is 18.2 Å². The average molecular weight is 679 g/mol. The van der Waals surface area contributed by atoms with Gasteiger partial charge in [-0.3, -0.25) is 20.0 Å². The number of thiazole rings is 1. The van der Waals surface area contributed by atoms with Crippen molar-refractivity contribution in [2.24, 2.45) is 0 Å². The van der Waals surface area contributed by atoms with Crippen LogP contribution < -0.4 is 10.1 Å². The number of ether oxygens (including phenoxy) is 2. The van der Waals surface area contributed by atoms with Crippen LogP contribution in [0.5, 0.6) is 11.5 Å². The van der Waals surface area contributed by atoms with E-state index in [0.717, 1.165) is 41.9 Å². The minimum absolute atomic E-state index is 0.198. The predicted octanol–water partition coefficient (Wildman–Crippen LogP) is 5.43. The quantitative estimate of drug-likeness (QED) is 0.247. The molecule has 0 radical (unpaired) electrons. The van der Waals surface area contributed by atoms with Crippen molar-refractivity contribution in [1.82, 2.24) is 14.9 Å². The van der Waals surface area contributed by atoms with Crippen molar-refractivity contribution >= 4 is 38.2 Å². The van der Waals surface area contributed by atoms with Gasteiger partial charge in [-0.15, -0.1) is 11.3 Å². The molecular weight excluding hydrogens is 649 g/mol. The first-order valence-electron chi connectivity index (χ1n) is 13.6. The number of morpholine rings is 1. The number of aromatic nitrogens is 2. The Balaban J connectivity index is 0.000000617. The van der Waals surface area contributed by atoms with Gasteiger partial charge in [-0.1, -0.05) is 6.07 Å². The van der Waals surface area contributed by atoms with Crippen LogP contribution in [0.15, 0.2) is 71.1 Å². The molecule has 1 aliphatic heterocycles. The van der Waals surface area contributed by atoms with Crippen LogP contribution >= 0.6 is 11.3 Å². The summed E-state index contributed by atoms with van der Waals surface area (Å²) >= 11 is 1.38. The Labute approximate surface area is 266 Å². The fourth-order valence-electron chi connectivity index (χ4n) is 4.20. The molecule has 1 amide bonds. The van der Waals surface area contributed by atoms with E-state index in [1.54, 1.807) is 36.5 Å². The largest absolute Gasteiger partial charge is 0.490 e. The second kappa shape index (κ2) is 14.8. The Morgan fingerprint density at radius 2 is 1.76 bits per heavy atom. The molecule has 2 aromatic carbocycles. The standard InChI is InChI=1S/C28H28N4O5S2.C2HF3O2/c1-19-4-3-9-29-26(19)20-14-21(16-24(15-20)37-23-5-7-25(8-6-23)39(2,34)35)27(33)31-28-30-22(18-38-28)17-32-10-12-36-13-11-32;3-2(4,5)1(6)7/h3-9,14-16,18H,10-13,17H2,1-2H3,(H,30,31,33);(H,6,7). The molecule has 1 saturated heterocycles. The fourth-order valence-corrected chi connectivity index (χ4v) is 5.53. The maximum Gasteiger partial charge on any atom is 0.490 e. The fraction of sp³-hybridized carbons (Fsp3) is 0.267. The Morgan fingerprint density at radius 1 is 1.09 bits per heavy atom. The van der Waals surface area contributed by atoms with Crippen molar-refractivity contribution in [2.45, 2.75) is 24.5 Å². The normalized spacial score (nSPS) is 13.8. The number of carboxylic acid groups (broad SMARTS) is 1. The number of pyridine rings is 1. The summed E-state index contributed by atoms with van der Waals surface area (Å²) in [4.78, 5) is 33.8. The van der Waals surface area contributed by atoms with E-state index in [9.17, 15) is 26.4 Å². The number of alkyl halides is 3. The van der Waals surface area contributed by atoms with Gasteiger partial charge in [0.2, 0.25) is 0 Å². The minimum Gasteiger partial charge on any atom is -0.475 e. The maximum atomic E-state index is 13.3. The van der Waals surface area contributed by atoms with Gasteiger partial charge < -0.3 is 14.6 Å². The smallest absolute Gasteiger partial charge is 0.475 e. The van der Waals surface area contributed by atoms with E-state index >= 15 is 0 Å². The average Bonchev–Trinajstić information content (AvgIpc) is 3.43. The second-order valence-electron chi connectivity index (χ2n) is 10.1. The number of nitrogens with one attached hydrogen (secondary N) is 1. The highest BCUT2D eigenvalue weighted by Crippen LogP contribution is 2.31. The molecule has 3 heterocycles. The Bertz CT molecular complexity index is 1790. The summed E-state index contributed by atoms with van der Waals surface area (Å²) < 4.78 is 66.8. The third kappa shape index (κ3) is 9.81. The molecule has 0 unspecified atom stereocenters. The van der Waals surface area contributed by atoms with Gasteiger partial charge in [0.05, 0.1) is 29.5 Å². The van der Waals surface area contributed by atoms with Crippen LogP contribution in [0, 0.1) is 6.92 Å². The van der Waals surface area contributed by atoms with Gasteiger partial charge in [0.1, 0.15) is 11.5 Å². The van der Waals surface area contributed by atoms with E-state index < -0.39 is 22.0 Å². The highest BCUT2D eigenvalue weighted by Gasteiger charge is 2.38. The molecule has 1 aliphatic rings. The summed E-state index contributed by atoms with van der Waals surface area (Å²) in [6, 6.07) is 15.2. The molecule has 0 spiro atoms. The van der Waals surface area contributed by atoms with Crippen LogP contribution in [0.3, 0.4) is 0 Å². The van der Waals surface area contributed by atoms with E-state index in [4.69, 9.17) is 19.4 Å². The van der Waals surface area contributed by atoms with Crippen LogP contribution in [0.25, 0.3) is 11.3 Å². The van der Waals surface area contributed by atoms with Gasteiger partial charge in [-0.2, -0.15) is 13.2 Å². The molecule has 2 N–H and O–H groups in total. The topological polar surface area (TPSA) is 148 Å². The molecule has 0 aliphatic carbocycles. The lowest BCUT2D eigenvalue weighted by atomic mass is 10.0. The summed E-state index contributed by atoms with van der Waals surface area (Å²) in [6.45, 7) is 5.81. The molecule has 16 heteroatoms. The number of amides is 1. The molecule has 0 bridgehead atoms. The van der Waals surface area contributed by atoms with Gasteiger partial charge in [0.25, 0.3) is 5.91 Å². The number of aryl methyl sites for hydroxylation is 1. The first-order valence-corrected chi connectivity index (χ1v) is 16.4. The highest BCUT2D eigenvalue weighted by molar-refractivity contribution is 7.90. The van der Waals surface area contributed by atoms with Crippen molar-refractivity contribution in [3.63, 3.8) is 0 Å². The van der Waals surface area contributed by atoms with Crippen molar-refractivity contribution in [2.75, 3.05) is 37.9 Å². The summed E-state index contributed by atoms with van der Waals surface area (Å²) in [5.74, 6) is -2.22. The molecule has 46 heavy (non-hydrogen) atoms. The number of carboxylic acids is 1. The molecule has 244 valence electrons. The number of nitrogens with zero attached hydrogens (tertiary/aromatic N) is 3. The van der Waals surface area contributed by atoms with E-state index in [1.165, 1.54) is 23.5 Å². The third-order valence-corrected chi connectivity index (χ3v) is 8.38. The molecule has 4 aromatic rings. The Kier molecular flexibility index (Phi) is 11.1. The Morgan fingerprint density at radius 3 is 2.37 bits per heavy atom. The second-order valence-corrected chi connectivity index (χ2v) is 12.9. The van der Waals surface area contributed by atoms with Gasteiger partial charge in [0, 0.05) is 48.6 Å². The number of hydrogen-bond donors (Lipinski definition) is 2. The molecule has 1 fully saturated rings. The third-order valence-electron chi connectivity index (χ3n) is 6.44. The summed E-state index contributed by atoms with van der Waals surface area (Å²) in [6.07, 6.45) is -2.23. The number of carbonyl (C=O) groups excluding carboxylic acids is 1. The Hall–Kier alpha value is -4.38. The lowest BCUT2D eigenvalue weighted by Gasteiger charge is -2.25. The zero-order chi connectivity index (χ0) is 33.5. The molecular formula is C30H29F3N4O7S2. The number of rotatable bonds is 8. The number of benzene rings is 2. The van der Waals surface area contributed by atoms with Gasteiger partial charge >= 0.3 is 12.1 Å². The number of aliphatic carboxylic acids is 1. The van der Waals surface area contributed by atoms with Crippen LogP contribution in [-0.2, 0) is 25.9 Å². The number of anilines is 1. The molecule has 5 rings (SSSR count). The van der Waals surface area contributed by atoms with Gasteiger partial charge in [-0.05, 0) is 61.0 Å². The zero-order valence-corrected chi connectivity index (χ0v) is 26.2. The number of sulfone groups is 1. The minimum atomic E-state index is -5.08. The van der Waals surface area contributed by atoms with Crippen molar-refractivity contribution in [3.05, 3.63) is 83.0 Å². The molecule has 2 aromatic heterocycles. The van der Waals surface area contributed by atoms with Crippen molar-refractivity contribution in [1.29, 1.82) is 0 Å². The number of hydrogen-bond acceptors (Lipinski definition) is 10. The van der Waals surface area contributed by atoms with E-state index in [1.807, 2.05) is 24.4 Å². The van der Waals surface area contributed by atoms with Crippen LogP contribution in [0.2, 0.25) is 0 Å². The first kappa shape index (κ1) is 34.5. The van der Waals surface area contributed by atoms with Crippen molar-refractivity contribution < 1.29 is 45.8 Å². The lowest BCUT2D eigenvalue weighted by Crippen LogP contribution is -2.35.